The molecule has 1 N–H and O–H groups in total. The van der Waals surface area contributed by atoms with Crippen LogP contribution in [0.2, 0.25) is 0 Å². The van der Waals surface area contributed by atoms with Gasteiger partial charge in [0.2, 0.25) is 0 Å². The topological polar surface area (TPSA) is 74.7 Å². The number of anilines is 1. The lowest BCUT2D eigenvalue weighted by Gasteiger charge is -2.16. The standard InChI is InChI=1S/C25H21NO4S/c27-23-21-16-20(31-15-13-18-6-8-19(9-7-18)25(29)30)10-11-22(21)26(24(23)28)14-12-17-4-2-1-3-5-17/h1-11,16H,12-15H2,(H,29,30). The molecule has 1 amide bonds. The van der Waals surface area contributed by atoms with E-state index in [9.17, 15) is 14.4 Å². The van der Waals surface area contributed by atoms with Crippen molar-refractivity contribution in [2.24, 2.45) is 0 Å². The van der Waals surface area contributed by atoms with Gasteiger partial charge in [-0.15, -0.1) is 11.8 Å². The lowest BCUT2D eigenvalue weighted by molar-refractivity contribution is -0.114. The van der Waals surface area contributed by atoms with Crippen LogP contribution < -0.4 is 4.90 Å². The third-order valence-electron chi connectivity index (χ3n) is 5.27. The summed E-state index contributed by atoms with van der Waals surface area (Å²) in [7, 11) is 0. The molecule has 6 heteroatoms. The van der Waals surface area contributed by atoms with Crippen LogP contribution in [-0.2, 0) is 17.6 Å². The Morgan fingerprint density at radius 1 is 0.871 bits per heavy atom. The summed E-state index contributed by atoms with van der Waals surface area (Å²) in [5.41, 5.74) is 3.60. The number of rotatable bonds is 8. The van der Waals surface area contributed by atoms with E-state index in [0.29, 0.717) is 24.2 Å². The third kappa shape index (κ3) is 4.70. The zero-order valence-electron chi connectivity index (χ0n) is 16.8. The number of carbonyl (C=O) groups is 3. The Kier molecular flexibility index (Phi) is 6.18. The number of ketones is 1. The molecule has 0 radical (unpaired) electrons. The highest BCUT2D eigenvalue weighted by Gasteiger charge is 2.35. The van der Waals surface area contributed by atoms with Gasteiger partial charge in [0.15, 0.2) is 0 Å². The molecule has 0 aliphatic carbocycles. The maximum Gasteiger partial charge on any atom is 0.335 e. The van der Waals surface area contributed by atoms with Gasteiger partial charge < -0.3 is 10.0 Å². The molecule has 1 aliphatic heterocycles. The number of carbonyl (C=O) groups excluding carboxylic acids is 2. The van der Waals surface area contributed by atoms with Gasteiger partial charge in [-0.1, -0.05) is 42.5 Å². The smallest absolute Gasteiger partial charge is 0.335 e. The van der Waals surface area contributed by atoms with Crippen LogP contribution in [0.3, 0.4) is 0 Å². The molecule has 0 saturated heterocycles. The largest absolute Gasteiger partial charge is 0.478 e. The Labute approximate surface area is 184 Å². The fraction of sp³-hybridized carbons (Fsp3) is 0.160. The molecule has 0 atom stereocenters. The molecule has 3 aromatic carbocycles. The number of carboxylic acids is 1. The summed E-state index contributed by atoms with van der Waals surface area (Å²) in [6.45, 7) is 0.473. The first kappa shape index (κ1) is 20.9. The minimum absolute atomic E-state index is 0.273. The summed E-state index contributed by atoms with van der Waals surface area (Å²) in [6, 6.07) is 22.3. The van der Waals surface area contributed by atoms with Crippen molar-refractivity contribution in [2.75, 3.05) is 17.2 Å². The molecule has 3 aromatic rings. The third-order valence-corrected chi connectivity index (χ3v) is 6.27. The number of thioether (sulfide) groups is 1. The van der Waals surface area contributed by atoms with Crippen LogP contribution in [0.1, 0.15) is 31.8 Å². The Hall–Kier alpha value is -3.38. The van der Waals surface area contributed by atoms with Crippen molar-refractivity contribution < 1.29 is 19.5 Å². The highest BCUT2D eigenvalue weighted by atomic mass is 32.2. The van der Waals surface area contributed by atoms with Gasteiger partial charge in [0, 0.05) is 17.2 Å². The number of amides is 1. The highest BCUT2D eigenvalue weighted by molar-refractivity contribution is 7.99. The predicted molar refractivity (Wildman–Crippen MR) is 121 cm³/mol. The van der Waals surface area contributed by atoms with Crippen LogP contribution >= 0.6 is 11.8 Å². The molecular weight excluding hydrogens is 410 g/mol. The number of carboxylic acid groups (broad SMARTS) is 1. The van der Waals surface area contributed by atoms with Gasteiger partial charge in [-0.25, -0.2) is 4.79 Å². The predicted octanol–water partition coefficient (Wildman–Crippen LogP) is 4.49. The zero-order valence-corrected chi connectivity index (χ0v) is 17.6. The van der Waals surface area contributed by atoms with Crippen LogP contribution in [-0.4, -0.2) is 35.1 Å². The number of benzene rings is 3. The van der Waals surface area contributed by atoms with E-state index in [-0.39, 0.29) is 5.56 Å². The van der Waals surface area contributed by atoms with E-state index < -0.39 is 17.7 Å². The van der Waals surface area contributed by atoms with Crippen LogP contribution in [0, 0.1) is 0 Å². The average molecular weight is 432 g/mol. The highest BCUT2D eigenvalue weighted by Crippen LogP contribution is 2.33. The molecule has 4 rings (SSSR count). The summed E-state index contributed by atoms with van der Waals surface area (Å²) < 4.78 is 0. The van der Waals surface area contributed by atoms with E-state index in [2.05, 4.69) is 0 Å². The van der Waals surface area contributed by atoms with Crippen molar-refractivity contribution in [2.45, 2.75) is 17.7 Å². The summed E-state index contributed by atoms with van der Waals surface area (Å²) in [4.78, 5) is 38.4. The van der Waals surface area contributed by atoms with Crippen molar-refractivity contribution in [3.05, 3.63) is 95.1 Å². The summed E-state index contributed by atoms with van der Waals surface area (Å²) >= 11 is 1.61. The van der Waals surface area contributed by atoms with Crippen molar-refractivity contribution in [3.63, 3.8) is 0 Å². The van der Waals surface area contributed by atoms with Gasteiger partial charge >= 0.3 is 5.97 Å². The van der Waals surface area contributed by atoms with E-state index in [1.807, 2.05) is 54.6 Å². The first-order valence-corrected chi connectivity index (χ1v) is 11.0. The number of aryl methyl sites for hydroxylation is 1. The first-order valence-electron chi connectivity index (χ1n) is 10.0. The maximum absolute atomic E-state index is 12.5. The van der Waals surface area contributed by atoms with Gasteiger partial charge in [-0.2, -0.15) is 0 Å². The summed E-state index contributed by atoms with van der Waals surface area (Å²) in [6.07, 6.45) is 1.47. The minimum Gasteiger partial charge on any atom is -0.478 e. The van der Waals surface area contributed by atoms with Crippen LogP contribution in [0.4, 0.5) is 5.69 Å². The van der Waals surface area contributed by atoms with E-state index in [1.54, 1.807) is 34.9 Å². The molecule has 156 valence electrons. The van der Waals surface area contributed by atoms with Crippen molar-refractivity contribution in [3.8, 4) is 0 Å². The van der Waals surface area contributed by atoms with Crippen LogP contribution in [0.25, 0.3) is 0 Å². The molecule has 5 nitrogen and oxygen atoms in total. The monoisotopic (exact) mass is 431 g/mol. The molecule has 0 saturated carbocycles. The molecule has 0 spiro atoms. The Morgan fingerprint density at radius 2 is 1.58 bits per heavy atom. The number of aromatic carboxylic acids is 1. The number of hydrogen-bond acceptors (Lipinski definition) is 4. The SMILES string of the molecule is O=C(O)c1ccc(CCSc2ccc3c(c2)C(=O)C(=O)N3CCc2ccccc2)cc1. The molecular formula is C25H21NO4S. The van der Waals surface area contributed by atoms with Crippen LogP contribution in [0.5, 0.6) is 0 Å². The number of hydrogen-bond donors (Lipinski definition) is 1. The first-order chi connectivity index (χ1) is 15.0. The number of Topliss-reactive ketones (excluding diaryl/α,β-unsaturated/α-hetero) is 1. The second kappa shape index (κ2) is 9.18. The molecule has 1 aliphatic rings. The molecule has 0 bridgehead atoms. The van der Waals surface area contributed by atoms with E-state index in [0.717, 1.165) is 28.2 Å². The van der Waals surface area contributed by atoms with Crippen molar-refractivity contribution in [1.82, 2.24) is 0 Å². The molecule has 1 heterocycles. The van der Waals surface area contributed by atoms with Gasteiger partial charge in [0.1, 0.15) is 0 Å². The van der Waals surface area contributed by atoms with Crippen molar-refractivity contribution in [1.29, 1.82) is 0 Å². The molecule has 31 heavy (non-hydrogen) atoms. The van der Waals surface area contributed by atoms with Gasteiger partial charge in [-0.05, 0) is 54.3 Å². The zero-order chi connectivity index (χ0) is 21.8. The fourth-order valence-corrected chi connectivity index (χ4v) is 4.52. The lowest BCUT2D eigenvalue weighted by Crippen LogP contribution is -2.31. The second-order valence-electron chi connectivity index (χ2n) is 7.30. The van der Waals surface area contributed by atoms with E-state index in [4.69, 9.17) is 5.11 Å². The van der Waals surface area contributed by atoms with E-state index in [1.165, 1.54) is 0 Å². The fourth-order valence-electron chi connectivity index (χ4n) is 3.58. The second-order valence-corrected chi connectivity index (χ2v) is 8.47. The maximum atomic E-state index is 12.5. The average Bonchev–Trinajstić information content (AvgIpc) is 3.03. The van der Waals surface area contributed by atoms with Crippen molar-refractivity contribution >= 4 is 35.1 Å². The van der Waals surface area contributed by atoms with E-state index >= 15 is 0 Å². The van der Waals surface area contributed by atoms with Crippen LogP contribution in [0.15, 0.2) is 77.7 Å². The van der Waals surface area contributed by atoms with Gasteiger partial charge in [0.05, 0.1) is 16.8 Å². The Morgan fingerprint density at radius 3 is 2.29 bits per heavy atom. The quantitative estimate of drug-likeness (QED) is 0.420. The normalized spacial score (nSPS) is 12.8. The molecule has 0 unspecified atom stereocenters. The van der Waals surface area contributed by atoms with Gasteiger partial charge in [-0.3, -0.25) is 9.59 Å². The molecule has 0 fully saturated rings. The summed E-state index contributed by atoms with van der Waals surface area (Å²) in [5, 5.41) is 8.97. The lowest BCUT2D eigenvalue weighted by atomic mass is 10.1. The number of fused-ring (bicyclic) bond motifs is 1. The van der Waals surface area contributed by atoms with Gasteiger partial charge in [0.25, 0.3) is 11.7 Å². The number of nitrogens with zero attached hydrogens (tertiary/aromatic N) is 1. The molecule has 0 aromatic heterocycles. The Bertz CT molecular complexity index is 1130. The summed E-state index contributed by atoms with van der Waals surface area (Å²) in [5.74, 6) is -1.07. The Balaban J connectivity index is 1.39. The minimum atomic E-state index is -0.934.